The highest BCUT2D eigenvalue weighted by Gasteiger charge is 2.31. The molecule has 2 aromatic heterocycles. The van der Waals surface area contributed by atoms with E-state index in [4.69, 9.17) is 9.47 Å². The van der Waals surface area contributed by atoms with Crippen LogP contribution >= 0.6 is 0 Å². The Kier molecular flexibility index (Phi) is 6.29. The van der Waals surface area contributed by atoms with E-state index in [1.807, 2.05) is 6.07 Å². The number of nitrogens with one attached hydrogen (secondary N) is 1. The van der Waals surface area contributed by atoms with Crippen molar-refractivity contribution in [3.8, 4) is 5.88 Å². The Bertz CT molecular complexity index is 1150. The SMILES string of the molecule is COc1nc2c(C)nnc(N[C@H](C)c3cccc(C(F)(F)F)c3)c2cc1N1CC[C@H](OC)C1. The molecule has 3 heterocycles. The van der Waals surface area contributed by atoms with Gasteiger partial charge >= 0.3 is 6.18 Å². The van der Waals surface area contributed by atoms with Crippen LogP contribution in [0.3, 0.4) is 0 Å². The quantitative estimate of drug-likeness (QED) is 0.568. The highest BCUT2D eigenvalue weighted by Crippen LogP contribution is 2.37. The molecule has 10 heteroatoms. The second-order valence-electron chi connectivity index (χ2n) is 8.13. The summed E-state index contributed by atoms with van der Waals surface area (Å²) in [7, 11) is 3.26. The molecule has 1 saturated heterocycles. The van der Waals surface area contributed by atoms with Gasteiger partial charge in [-0.15, -0.1) is 5.10 Å². The largest absolute Gasteiger partial charge is 0.480 e. The second kappa shape index (κ2) is 9.01. The standard InChI is InChI=1S/C23H26F3N5O2/c1-13(15-6-5-7-16(10-15)23(24,25)26)27-21-18-11-19(31-9-8-17(12-31)32-3)22(33-4)28-20(18)14(2)29-30-21/h5-7,10-11,13,17H,8-9,12H2,1-4H3,(H,27,30)/t13-,17+/m1/s1. The monoisotopic (exact) mass is 461 g/mol. The molecule has 0 amide bonds. The minimum atomic E-state index is -4.41. The summed E-state index contributed by atoms with van der Waals surface area (Å²) in [6.45, 7) is 5.09. The number of aromatic nitrogens is 3. The lowest BCUT2D eigenvalue weighted by Crippen LogP contribution is -2.23. The third-order valence-corrected chi connectivity index (χ3v) is 5.95. The van der Waals surface area contributed by atoms with Crippen molar-refractivity contribution in [3.63, 3.8) is 0 Å². The summed E-state index contributed by atoms with van der Waals surface area (Å²) in [6, 6.07) is 6.76. The second-order valence-corrected chi connectivity index (χ2v) is 8.13. The highest BCUT2D eigenvalue weighted by molar-refractivity contribution is 5.93. The van der Waals surface area contributed by atoms with E-state index >= 15 is 0 Å². The van der Waals surface area contributed by atoms with E-state index in [9.17, 15) is 13.2 Å². The number of alkyl halides is 3. The van der Waals surface area contributed by atoms with Crippen LogP contribution in [-0.2, 0) is 10.9 Å². The molecular formula is C23H26F3N5O2. The Morgan fingerprint density at radius 2 is 1.97 bits per heavy atom. The van der Waals surface area contributed by atoms with Crippen molar-refractivity contribution in [2.24, 2.45) is 0 Å². The van der Waals surface area contributed by atoms with Gasteiger partial charge in [-0.05, 0) is 44.0 Å². The number of aryl methyl sites for hydroxylation is 1. The molecule has 7 nitrogen and oxygen atoms in total. The molecule has 1 N–H and O–H groups in total. The minimum absolute atomic E-state index is 0.126. The number of hydrogen-bond acceptors (Lipinski definition) is 7. The van der Waals surface area contributed by atoms with Crippen molar-refractivity contribution >= 4 is 22.4 Å². The predicted molar refractivity (Wildman–Crippen MR) is 120 cm³/mol. The fraction of sp³-hybridized carbons (Fsp3) is 0.435. The van der Waals surface area contributed by atoms with Gasteiger partial charge in [-0.25, -0.2) is 4.98 Å². The van der Waals surface area contributed by atoms with Gasteiger partial charge in [0.2, 0.25) is 5.88 Å². The van der Waals surface area contributed by atoms with Crippen molar-refractivity contribution < 1.29 is 22.6 Å². The highest BCUT2D eigenvalue weighted by atomic mass is 19.4. The molecule has 0 aliphatic carbocycles. The summed E-state index contributed by atoms with van der Waals surface area (Å²) >= 11 is 0. The van der Waals surface area contributed by atoms with Crippen molar-refractivity contribution in [3.05, 3.63) is 47.2 Å². The van der Waals surface area contributed by atoms with Crippen molar-refractivity contribution in [1.29, 1.82) is 0 Å². The predicted octanol–water partition coefficient (Wildman–Crippen LogP) is 4.76. The number of hydrogen-bond donors (Lipinski definition) is 1. The molecular weight excluding hydrogens is 435 g/mol. The summed E-state index contributed by atoms with van der Waals surface area (Å²) in [5.41, 5.74) is 1.86. The molecule has 4 rings (SSSR count). The fourth-order valence-corrected chi connectivity index (χ4v) is 4.06. The maximum Gasteiger partial charge on any atom is 0.416 e. The van der Waals surface area contributed by atoms with Crippen molar-refractivity contribution in [1.82, 2.24) is 15.2 Å². The Hall–Kier alpha value is -3.14. The molecule has 3 aromatic rings. The summed E-state index contributed by atoms with van der Waals surface area (Å²) < 4.78 is 50.5. The number of pyridine rings is 1. The number of benzene rings is 1. The van der Waals surface area contributed by atoms with Crippen LogP contribution in [0, 0.1) is 6.92 Å². The molecule has 0 unspecified atom stereocenters. The molecule has 1 aliphatic heterocycles. The summed E-state index contributed by atoms with van der Waals surface area (Å²) in [6.07, 6.45) is -3.39. The van der Waals surface area contributed by atoms with Crippen LogP contribution in [0.25, 0.3) is 10.9 Å². The number of anilines is 2. The molecule has 0 saturated carbocycles. The van der Waals surface area contributed by atoms with Gasteiger partial charge in [0.25, 0.3) is 0 Å². The van der Waals surface area contributed by atoms with Gasteiger partial charge in [0.05, 0.1) is 30.5 Å². The van der Waals surface area contributed by atoms with Crippen LogP contribution in [-0.4, -0.2) is 48.6 Å². The lowest BCUT2D eigenvalue weighted by Gasteiger charge is -2.22. The third-order valence-electron chi connectivity index (χ3n) is 5.95. The Labute approximate surface area is 189 Å². The van der Waals surface area contributed by atoms with Gasteiger partial charge in [0, 0.05) is 25.6 Å². The van der Waals surface area contributed by atoms with E-state index in [0.29, 0.717) is 35.0 Å². The normalized spacial score (nSPS) is 17.4. The topological polar surface area (TPSA) is 72.4 Å². The van der Waals surface area contributed by atoms with Gasteiger partial charge in [0.15, 0.2) is 5.82 Å². The maximum atomic E-state index is 13.2. The van der Waals surface area contributed by atoms with Crippen molar-refractivity contribution in [2.75, 3.05) is 37.5 Å². The van der Waals surface area contributed by atoms with E-state index in [1.165, 1.54) is 6.07 Å². The van der Waals surface area contributed by atoms with E-state index in [-0.39, 0.29) is 6.10 Å². The number of methoxy groups -OCH3 is 2. The Balaban J connectivity index is 1.72. The third kappa shape index (κ3) is 4.66. The molecule has 1 fully saturated rings. The first kappa shape index (κ1) is 23.0. The molecule has 0 spiro atoms. The number of halogens is 3. The Morgan fingerprint density at radius 3 is 2.64 bits per heavy atom. The fourth-order valence-electron chi connectivity index (χ4n) is 4.06. The van der Waals surface area contributed by atoms with E-state index < -0.39 is 17.8 Å². The summed E-state index contributed by atoms with van der Waals surface area (Å²) in [5, 5.41) is 12.4. The van der Waals surface area contributed by atoms with E-state index in [2.05, 4.69) is 25.4 Å². The van der Waals surface area contributed by atoms with Gasteiger partial charge in [-0.3, -0.25) is 0 Å². The number of ether oxygens (including phenoxy) is 2. The van der Waals surface area contributed by atoms with Gasteiger partial charge in [-0.2, -0.15) is 18.3 Å². The average Bonchev–Trinajstić information content (AvgIpc) is 3.29. The van der Waals surface area contributed by atoms with Gasteiger partial charge in [-0.1, -0.05) is 12.1 Å². The van der Waals surface area contributed by atoms with E-state index in [1.54, 1.807) is 34.1 Å². The van der Waals surface area contributed by atoms with Gasteiger partial charge in [0.1, 0.15) is 11.2 Å². The summed E-state index contributed by atoms with van der Waals surface area (Å²) in [5.74, 6) is 0.923. The van der Waals surface area contributed by atoms with Crippen LogP contribution in [0.4, 0.5) is 24.7 Å². The zero-order valence-corrected chi connectivity index (χ0v) is 18.9. The number of rotatable bonds is 6. The zero-order valence-electron chi connectivity index (χ0n) is 18.9. The van der Waals surface area contributed by atoms with E-state index in [0.717, 1.165) is 36.2 Å². The van der Waals surface area contributed by atoms with Crippen LogP contribution in [0.15, 0.2) is 30.3 Å². The molecule has 1 aliphatic rings. The smallest absolute Gasteiger partial charge is 0.416 e. The van der Waals surface area contributed by atoms with Crippen molar-refractivity contribution in [2.45, 2.75) is 38.6 Å². The molecule has 1 aromatic carbocycles. The molecule has 33 heavy (non-hydrogen) atoms. The van der Waals surface area contributed by atoms with Gasteiger partial charge < -0.3 is 19.7 Å². The summed E-state index contributed by atoms with van der Waals surface area (Å²) in [4.78, 5) is 6.83. The minimum Gasteiger partial charge on any atom is -0.480 e. The van der Waals surface area contributed by atoms with Crippen LogP contribution in [0.1, 0.15) is 36.2 Å². The molecule has 0 bridgehead atoms. The molecule has 2 atom stereocenters. The van der Waals surface area contributed by atoms with Crippen LogP contribution < -0.4 is 15.0 Å². The molecule has 0 radical (unpaired) electrons. The average molecular weight is 461 g/mol. The lowest BCUT2D eigenvalue weighted by molar-refractivity contribution is -0.137. The zero-order chi connectivity index (χ0) is 23.8. The maximum absolute atomic E-state index is 13.2. The Morgan fingerprint density at radius 1 is 1.18 bits per heavy atom. The van der Waals surface area contributed by atoms with Crippen LogP contribution in [0.5, 0.6) is 5.88 Å². The first-order valence-electron chi connectivity index (χ1n) is 10.6. The number of nitrogens with zero attached hydrogens (tertiary/aromatic N) is 4. The lowest BCUT2D eigenvalue weighted by atomic mass is 10.0. The first-order chi connectivity index (χ1) is 15.7. The first-order valence-corrected chi connectivity index (χ1v) is 10.6. The number of fused-ring (bicyclic) bond motifs is 1. The molecule has 176 valence electrons. The van der Waals surface area contributed by atoms with Crippen LogP contribution in [0.2, 0.25) is 0 Å².